The van der Waals surface area contributed by atoms with Gasteiger partial charge < -0.3 is 0 Å². The number of aromatic nitrogens is 2. The lowest BCUT2D eigenvalue weighted by Gasteiger charge is -2.21. The van der Waals surface area contributed by atoms with E-state index in [1.165, 1.54) is 6.07 Å². The summed E-state index contributed by atoms with van der Waals surface area (Å²) in [6, 6.07) is 2.57. The highest BCUT2D eigenvalue weighted by Gasteiger charge is 2.30. The molecule has 5 nitrogen and oxygen atoms in total. The van der Waals surface area contributed by atoms with Crippen LogP contribution in [0.25, 0.3) is 10.9 Å². The first kappa shape index (κ1) is 14.7. The molecule has 0 radical (unpaired) electrons. The summed E-state index contributed by atoms with van der Waals surface area (Å²) in [4.78, 5) is 23.2. The molecular weight excluding hydrogens is 285 g/mol. The molecule has 0 aliphatic carbocycles. The number of rotatable bonds is 1. The molecule has 1 saturated heterocycles. The number of halogens is 1. The van der Waals surface area contributed by atoms with E-state index >= 15 is 0 Å². The van der Waals surface area contributed by atoms with Gasteiger partial charge in [-0.05, 0) is 24.0 Å². The van der Waals surface area contributed by atoms with Crippen LogP contribution in [0.2, 0.25) is 0 Å². The van der Waals surface area contributed by atoms with E-state index in [-0.39, 0.29) is 24.1 Å². The Balaban J connectivity index is 2.11. The predicted molar refractivity (Wildman–Crippen MR) is 79.8 cm³/mol. The van der Waals surface area contributed by atoms with Gasteiger partial charge in [-0.3, -0.25) is 19.6 Å². The van der Waals surface area contributed by atoms with Crippen molar-refractivity contribution >= 4 is 22.7 Å². The Kier molecular flexibility index (Phi) is 3.27. The van der Waals surface area contributed by atoms with Gasteiger partial charge in [-0.25, -0.2) is 4.39 Å². The van der Waals surface area contributed by atoms with Crippen molar-refractivity contribution in [2.24, 2.45) is 0 Å². The highest BCUT2D eigenvalue weighted by molar-refractivity contribution is 5.99. The van der Waals surface area contributed by atoms with Gasteiger partial charge in [-0.1, -0.05) is 20.8 Å². The summed E-state index contributed by atoms with van der Waals surface area (Å²) in [6.45, 7) is 5.78. The van der Waals surface area contributed by atoms with E-state index in [0.717, 1.165) is 5.39 Å². The second-order valence-corrected chi connectivity index (χ2v) is 6.69. The summed E-state index contributed by atoms with van der Waals surface area (Å²) < 4.78 is 15.8. The highest BCUT2D eigenvalue weighted by atomic mass is 19.1. The standard InChI is InChI=1S/C16H18FN3O2/c1-16(2,3)13-10(17)5-4-9-8-20(19-14(9)13)11-6-7-12(21)18-15(11)22/h4-5,8,11H,6-7H2,1-3H3,(H,18,21,22). The summed E-state index contributed by atoms with van der Waals surface area (Å²) in [5.41, 5.74) is 0.710. The van der Waals surface area contributed by atoms with Crippen molar-refractivity contribution in [2.75, 3.05) is 0 Å². The van der Waals surface area contributed by atoms with Gasteiger partial charge in [-0.15, -0.1) is 0 Å². The number of imide groups is 1. The summed E-state index contributed by atoms with van der Waals surface area (Å²) in [5, 5.41) is 7.55. The predicted octanol–water partition coefficient (Wildman–Crippen LogP) is 2.45. The van der Waals surface area contributed by atoms with Gasteiger partial charge in [-0.2, -0.15) is 5.10 Å². The van der Waals surface area contributed by atoms with E-state index in [2.05, 4.69) is 10.4 Å². The number of fused-ring (bicyclic) bond motifs is 1. The van der Waals surface area contributed by atoms with Crippen molar-refractivity contribution in [1.29, 1.82) is 0 Å². The van der Waals surface area contributed by atoms with E-state index in [4.69, 9.17) is 0 Å². The average molecular weight is 303 g/mol. The first-order valence-electron chi connectivity index (χ1n) is 7.29. The molecule has 3 rings (SSSR count). The molecule has 2 heterocycles. The minimum atomic E-state index is -0.527. The maximum absolute atomic E-state index is 14.2. The molecule has 116 valence electrons. The van der Waals surface area contributed by atoms with Crippen LogP contribution in [0.15, 0.2) is 18.3 Å². The van der Waals surface area contributed by atoms with Gasteiger partial charge in [0.1, 0.15) is 11.9 Å². The van der Waals surface area contributed by atoms with Gasteiger partial charge in [0.05, 0.1) is 5.52 Å². The van der Waals surface area contributed by atoms with Crippen LogP contribution in [0.3, 0.4) is 0 Å². The monoisotopic (exact) mass is 303 g/mol. The van der Waals surface area contributed by atoms with Crippen molar-refractivity contribution in [1.82, 2.24) is 15.1 Å². The van der Waals surface area contributed by atoms with Gasteiger partial charge in [0, 0.05) is 23.6 Å². The Hall–Kier alpha value is -2.24. The molecule has 2 amide bonds. The number of amides is 2. The van der Waals surface area contributed by atoms with Crippen LogP contribution in [-0.2, 0) is 15.0 Å². The maximum Gasteiger partial charge on any atom is 0.251 e. The number of benzene rings is 1. The Bertz CT molecular complexity index is 774. The van der Waals surface area contributed by atoms with Gasteiger partial charge >= 0.3 is 0 Å². The van der Waals surface area contributed by atoms with Crippen LogP contribution < -0.4 is 5.32 Å². The highest BCUT2D eigenvalue weighted by Crippen LogP contribution is 2.32. The third kappa shape index (κ3) is 2.38. The number of piperidine rings is 1. The molecule has 1 aliphatic heterocycles. The van der Waals surface area contributed by atoms with Gasteiger partial charge in [0.2, 0.25) is 5.91 Å². The van der Waals surface area contributed by atoms with E-state index in [1.54, 1.807) is 16.9 Å². The molecule has 1 fully saturated rings. The molecule has 1 aliphatic rings. The minimum Gasteiger partial charge on any atom is -0.295 e. The molecule has 1 atom stereocenters. The van der Waals surface area contributed by atoms with Crippen molar-refractivity contribution in [3.8, 4) is 0 Å². The largest absolute Gasteiger partial charge is 0.295 e. The average Bonchev–Trinajstić information content (AvgIpc) is 2.79. The Labute approximate surface area is 127 Å². The SMILES string of the molecule is CC(C)(C)c1c(F)ccc2cn(C3CCC(=O)NC3=O)nc12. The number of nitrogens with zero attached hydrogens (tertiary/aromatic N) is 2. The fourth-order valence-corrected chi connectivity index (χ4v) is 2.89. The topological polar surface area (TPSA) is 64.0 Å². The molecule has 1 unspecified atom stereocenters. The number of hydrogen-bond acceptors (Lipinski definition) is 3. The molecule has 1 aromatic heterocycles. The first-order chi connectivity index (χ1) is 10.3. The van der Waals surface area contributed by atoms with E-state index in [9.17, 15) is 14.0 Å². The third-order valence-corrected chi connectivity index (χ3v) is 3.92. The molecule has 1 N–H and O–H groups in total. The maximum atomic E-state index is 14.2. The quantitative estimate of drug-likeness (QED) is 0.823. The lowest BCUT2D eigenvalue weighted by molar-refractivity contribution is -0.135. The third-order valence-electron chi connectivity index (χ3n) is 3.92. The molecule has 22 heavy (non-hydrogen) atoms. The zero-order valence-electron chi connectivity index (χ0n) is 12.8. The Morgan fingerprint density at radius 2 is 2.05 bits per heavy atom. The van der Waals surface area contributed by atoms with Crippen molar-refractivity contribution in [3.05, 3.63) is 29.7 Å². The van der Waals surface area contributed by atoms with Crippen molar-refractivity contribution in [2.45, 2.75) is 45.1 Å². The molecule has 0 bridgehead atoms. The molecular formula is C16H18FN3O2. The zero-order chi connectivity index (χ0) is 16.1. The first-order valence-corrected chi connectivity index (χ1v) is 7.29. The number of carbonyl (C=O) groups is 2. The number of carbonyl (C=O) groups excluding carboxylic acids is 2. The summed E-state index contributed by atoms with van der Waals surface area (Å²) >= 11 is 0. The second-order valence-electron chi connectivity index (χ2n) is 6.69. The lowest BCUT2D eigenvalue weighted by atomic mass is 9.85. The lowest BCUT2D eigenvalue weighted by Crippen LogP contribution is -2.41. The fourth-order valence-electron chi connectivity index (χ4n) is 2.89. The van der Waals surface area contributed by atoms with Crippen molar-refractivity contribution in [3.63, 3.8) is 0 Å². The molecule has 0 saturated carbocycles. The number of hydrogen-bond donors (Lipinski definition) is 1. The van der Waals surface area contributed by atoms with Crippen LogP contribution in [0, 0.1) is 5.82 Å². The smallest absolute Gasteiger partial charge is 0.251 e. The van der Waals surface area contributed by atoms with Gasteiger partial charge in [0.25, 0.3) is 5.91 Å². The van der Waals surface area contributed by atoms with Gasteiger partial charge in [0.15, 0.2) is 0 Å². The zero-order valence-corrected chi connectivity index (χ0v) is 12.8. The van der Waals surface area contributed by atoms with Crippen LogP contribution >= 0.6 is 0 Å². The molecule has 2 aromatic rings. The van der Waals surface area contributed by atoms with E-state index < -0.39 is 11.5 Å². The Morgan fingerprint density at radius 3 is 2.68 bits per heavy atom. The normalized spacial score (nSPS) is 19.5. The molecule has 0 spiro atoms. The van der Waals surface area contributed by atoms with Crippen LogP contribution in [0.4, 0.5) is 4.39 Å². The summed E-state index contributed by atoms with van der Waals surface area (Å²) in [5.74, 6) is -0.922. The molecule has 6 heteroatoms. The number of nitrogens with one attached hydrogen (secondary N) is 1. The fraction of sp³-hybridized carbons (Fsp3) is 0.438. The van der Waals surface area contributed by atoms with Crippen LogP contribution in [-0.4, -0.2) is 21.6 Å². The second kappa shape index (κ2) is 4.90. The van der Waals surface area contributed by atoms with E-state index in [1.807, 2.05) is 20.8 Å². The Morgan fingerprint density at radius 1 is 1.32 bits per heavy atom. The molecule has 1 aromatic carbocycles. The minimum absolute atomic E-state index is 0.264. The van der Waals surface area contributed by atoms with Crippen LogP contribution in [0.5, 0.6) is 0 Å². The summed E-state index contributed by atoms with van der Waals surface area (Å²) in [7, 11) is 0. The van der Waals surface area contributed by atoms with Crippen molar-refractivity contribution < 1.29 is 14.0 Å². The van der Waals surface area contributed by atoms with Crippen LogP contribution in [0.1, 0.15) is 45.2 Å². The summed E-state index contributed by atoms with van der Waals surface area (Å²) in [6.07, 6.45) is 2.43. The van der Waals surface area contributed by atoms with E-state index in [0.29, 0.717) is 17.5 Å².